The van der Waals surface area contributed by atoms with Crippen molar-refractivity contribution in [2.75, 3.05) is 38.6 Å². The number of benzene rings is 1. The second kappa shape index (κ2) is 5.26. The molecule has 1 atom stereocenters. The summed E-state index contributed by atoms with van der Waals surface area (Å²) in [6, 6.07) is 6.09. The van der Waals surface area contributed by atoms with E-state index in [-0.39, 0.29) is 23.2 Å². The fourth-order valence-electron chi connectivity index (χ4n) is 3.43. The molecule has 0 saturated carbocycles. The average Bonchev–Trinajstić information content (AvgIpc) is 3.02. The number of likely N-dealkylation sites (tertiary alicyclic amines) is 1. The summed E-state index contributed by atoms with van der Waals surface area (Å²) in [5.41, 5.74) is 0.397. The van der Waals surface area contributed by atoms with Gasteiger partial charge in [-0.15, -0.1) is 0 Å². The standard InChI is InChI=1S/C16H20FN3O2/c1-18(2)15(22)19-7-6-16(10-19)9-14(21)20(11-16)13-5-3-4-12(17)8-13/h3-5,8H,6-7,9-11H2,1-2H3. The van der Waals surface area contributed by atoms with Crippen LogP contribution in [0.1, 0.15) is 12.8 Å². The number of carbonyl (C=O) groups excluding carboxylic acids is 2. The summed E-state index contributed by atoms with van der Waals surface area (Å²) < 4.78 is 13.4. The smallest absolute Gasteiger partial charge is 0.319 e. The highest BCUT2D eigenvalue weighted by atomic mass is 19.1. The maximum absolute atomic E-state index is 13.4. The van der Waals surface area contributed by atoms with E-state index in [4.69, 9.17) is 0 Å². The van der Waals surface area contributed by atoms with Gasteiger partial charge in [0, 0.05) is 51.3 Å². The highest BCUT2D eigenvalue weighted by Crippen LogP contribution is 2.42. The van der Waals surface area contributed by atoms with Crippen molar-refractivity contribution < 1.29 is 14.0 Å². The van der Waals surface area contributed by atoms with Crippen LogP contribution in [-0.4, -0.2) is 55.5 Å². The van der Waals surface area contributed by atoms with Crippen molar-refractivity contribution in [3.05, 3.63) is 30.1 Å². The molecule has 2 aliphatic heterocycles. The first-order valence-electron chi connectivity index (χ1n) is 7.42. The zero-order valence-corrected chi connectivity index (χ0v) is 12.9. The minimum atomic E-state index is -0.345. The summed E-state index contributed by atoms with van der Waals surface area (Å²) in [4.78, 5) is 29.4. The summed E-state index contributed by atoms with van der Waals surface area (Å²) in [5.74, 6) is -0.341. The summed E-state index contributed by atoms with van der Waals surface area (Å²) in [5, 5.41) is 0. The molecule has 118 valence electrons. The van der Waals surface area contributed by atoms with Crippen LogP contribution in [-0.2, 0) is 4.79 Å². The number of amides is 3. The molecule has 1 aromatic carbocycles. The number of urea groups is 1. The van der Waals surface area contributed by atoms with Crippen LogP contribution in [0.2, 0.25) is 0 Å². The van der Waals surface area contributed by atoms with E-state index >= 15 is 0 Å². The second-order valence-corrected chi connectivity index (χ2v) is 6.49. The first-order chi connectivity index (χ1) is 10.4. The lowest BCUT2D eigenvalue weighted by Gasteiger charge is -2.25. The monoisotopic (exact) mass is 305 g/mol. The molecular weight excluding hydrogens is 285 g/mol. The first kappa shape index (κ1) is 14.8. The van der Waals surface area contributed by atoms with Crippen LogP contribution in [0, 0.1) is 11.2 Å². The summed E-state index contributed by atoms with van der Waals surface area (Å²) in [6.07, 6.45) is 1.23. The minimum Gasteiger partial charge on any atom is -0.331 e. The highest BCUT2D eigenvalue weighted by molar-refractivity contribution is 5.96. The maximum Gasteiger partial charge on any atom is 0.319 e. The lowest BCUT2D eigenvalue weighted by Crippen LogP contribution is -2.39. The van der Waals surface area contributed by atoms with Gasteiger partial charge in [0.05, 0.1) is 0 Å². The molecule has 2 saturated heterocycles. The molecule has 0 aliphatic carbocycles. The van der Waals surface area contributed by atoms with Crippen LogP contribution in [0.5, 0.6) is 0 Å². The molecule has 1 spiro atoms. The van der Waals surface area contributed by atoms with Crippen LogP contribution >= 0.6 is 0 Å². The van der Waals surface area contributed by atoms with E-state index in [0.29, 0.717) is 31.7 Å². The Balaban J connectivity index is 1.76. The minimum absolute atomic E-state index is 0.00440. The van der Waals surface area contributed by atoms with Crippen molar-refractivity contribution in [2.45, 2.75) is 12.8 Å². The molecule has 3 rings (SSSR count). The van der Waals surface area contributed by atoms with Crippen LogP contribution in [0.3, 0.4) is 0 Å². The molecule has 0 aromatic heterocycles. The van der Waals surface area contributed by atoms with Crippen LogP contribution in [0.25, 0.3) is 0 Å². The van der Waals surface area contributed by atoms with Gasteiger partial charge in [-0.05, 0) is 24.6 Å². The number of carbonyl (C=O) groups is 2. The number of halogens is 1. The van der Waals surface area contributed by atoms with E-state index in [1.165, 1.54) is 12.1 Å². The fraction of sp³-hybridized carbons (Fsp3) is 0.500. The Morgan fingerprint density at radius 1 is 1.32 bits per heavy atom. The molecule has 2 fully saturated rings. The molecule has 0 bridgehead atoms. The van der Waals surface area contributed by atoms with Gasteiger partial charge in [0.1, 0.15) is 5.82 Å². The van der Waals surface area contributed by atoms with Crippen molar-refractivity contribution in [1.82, 2.24) is 9.80 Å². The van der Waals surface area contributed by atoms with Gasteiger partial charge in [-0.2, -0.15) is 0 Å². The van der Waals surface area contributed by atoms with Gasteiger partial charge in [-0.1, -0.05) is 6.07 Å². The number of anilines is 1. The van der Waals surface area contributed by atoms with Gasteiger partial charge in [0.25, 0.3) is 0 Å². The zero-order chi connectivity index (χ0) is 15.9. The van der Waals surface area contributed by atoms with Crippen LogP contribution in [0.4, 0.5) is 14.9 Å². The predicted octanol–water partition coefficient (Wildman–Crippen LogP) is 1.94. The van der Waals surface area contributed by atoms with Gasteiger partial charge in [0.2, 0.25) is 5.91 Å². The van der Waals surface area contributed by atoms with Gasteiger partial charge in [-0.25, -0.2) is 9.18 Å². The van der Waals surface area contributed by atoms with Crippen molar-refractivity contribution in [2.24, 2.45) is 5.41 Å². The molecule has 2 aliphatic rings. The van der Waals surface area contributed by atoms with Gasteiger partial charge < -0.3 is 14.7 Å². The normalized spacial score (nSPS) is 24.4. The molecule has 0 radical (unpaired) electrons. The van der Waals surface area contributed by atoms with E-state index in [2.05, 4.69) is 0 Å². The quantitative estimate of drug-likeness (QED) is 0.796. The first-order valence-corrected chi connectivity index (χ1v) is 7.42. The third-order valence-corrected chi connectivity index (χ3v) is 4.53. The van der Waals surface area contributed by atoms with Crippen LogP contribution in [0.15, 0.2) is 24.3 Å². The Morgan fingerprint density at radius 3 is 2.77 bits per heavy atom. The third-order valence-electron chi connectivity index (χ3n) is 4.53. The number of rotatable bonds is 1. The van der Waals surface area contributed by atoms with E-state index in [1.54, 1.807) is 40.9 Å². The third kappa shape index (κ3) is 2.53. The Bertz CT molecular complexity index is 619. The van der Waals surface area contributed by atoms with Crippen molar-refractivity contribution in [3.8, 4) is 0 Å². The summed E-state index contributed by atoms with van der Waals surface area (Å²) >= 11 is 0. The Hall–Kier alpha value is -2.11. The molecule has 1 aromatic rings. The molecule has 3 amide bonds. The van der Waals surface area contributed by atoms with E-state index in [1.807, 2.05) is 0 Å². The molecule has 5 nitrogen and oxygen atoms in total. The fourth-order valence-corrected chi connectivity index (χ4v) is 3.43. The number of hydrogen-bond acceptors (Lipinski definition) is 2. The Labute approximate surface area is 129 Å². The molecule has 0 N–H and O–H groups in total. The van der Waals surface area contributed by atoms with E-state index < -0.39 is 0 Å². The van der Waals surface area contributed by atoms with E-state index in [9.17, 15) is 14.0 Å². The van der Waals surface area contributed by atoms with Gasteiger partial charge >= 0.3 is 6.03 Å². The van der Waals surface area contributed by atoms with E-state index in [0.717, 1.165) is 6.42 Å². The van der Waals surface area contributed by atoms with Crippen molar-refractivity contribution in [1.29, 1.82) is 0 Å². The molecule has 2 heterocycles. The van der Waals surface area contributed by atoms with Crippen molar-refractivity contribution in [3.63, 3.8) is 0 Å². The van der Waals surface area contributed by atoms with Gasteiger partial charge in [0.15, 0.2) is 0 Å². The molecule has 22 heavy (non-hydrogen) atoms. The lowest BCUT2D eigenvalue weighted by molar-refractivity contribution is -0.117. The second-order valence-electron chi connectivity index (χ2n) is 6.49. The van der Waals surface area contributed by atoms with Crippen LogP contribution < -0.4 is 4.90 Å². The lowest BCUT2D eigenvalue weighted by atomic mass is 9.86. The predicted molar refractivity (Wildman–Crippen MR) is 81.1 cm³/mol. The number of hydrogen-bond donors (Lipinski definition) is 0. The Morgan fingerprint density at radius 2 is 2.09 bits per heavy atom. The average molecular weight is 305 g/mol. The molecular formula is C16H20FN3O2. The van der Waals surface area contributed by atoms with Gasteiger partial charge in [-0.3, -0.25) is 4.79 Å². The largest absolute Gasteiger partial charge is 0.331 e. The summed E-state index contributed by atoms with van der Waals surface area (Å²) in [7, 11) is 3.46. The SMILES string of the molecule is CN(C)C(=O)N1CCC2(CC(=O)N(c3cccc(F)c3)C2)C1. The maximum atomic E-state index is 13.4. The molecule has 1 unspecified atom stereocenters. The topological polar surface area (TPSA) is 43.9 Å². The summed E-state index contributed by atoms with van der Waals surface area (Å²) in [6.45, 7) is 1.80. The number of nitrogens with zero attached hydrogens (tertiary/aromatic N) is 3. The van der Waals surface area contributed by atoms with Crippen molar-refractivity contribution >= 4 is 17.6 Å². The Kier molecular flexibility index (Phi) is 3.54. The molecule has 6 heteroatoms. The zero-order valence-electron chi connectivity index (χ0n) is 12.9. The highest BCUT2D eigenvalue weighted by Gasteiger charge is 2.49.